The summed E-state index contributed by atoms with van der Waals surface area (Å²) in [5.41, 5.74) is 10.4. The van der Waals surface area contributed by atoms with Crippen molar-refractivity contribution >= 4 is 23.3 Å². The van der Waals surface area contributed by atoms with Crippen molar-refractivity contribution < 1.29 is 0 Å². The van der Waals surface area contributed by atoms with Crippen LogP contribution in [0.5, 0.6) is 0 Å². The predicted octanol–water partition coefficient (Wildman–Crippen LogP) is 2.83. The molecule has 1 saturated carbocycles. The molecule has 5 rings (SSSR count). The molecule has 2 aromatic rings. The first kappa shape index (κ1) is 20.6. The molecule has 2 atom stereocenters. The molecule has 0 unspecified atom stereocenters. The van der Waals surface area contributed by atoms with E-state index in [2.05, 4.69) is 21.8 Å². The number of aromatic nitrogens is 3. The van der Waals surface area contributed by atoms with Crippen LogP contribution in [0.2, 0.25) is 5.15 Å². The van der Waals surface area contributed by atoms with Crippen LogP contribution < -0.4 is 16.2 Å². The van der Waals surface area contributed by atoms with E-state index in [9.17, 15) is 4.79 Å². The van der Waals surface area contributed by atoms with Crippen LogP contribution in [0.3, 0.4) is 0 Å². The highest BCUT2D eigenvalue weighted by atomic mass is 35.5. The number of nitrogens with two attached hydrogens (primary N) is 1. The predicted molar refractivity (Wildman–Crippen MR) is 123 cm³/mol. The quantitative estimate of drug-likeness (QED) is 0.725. The standard InChI is InChI=1S/C23H29ClN6O/c1-13-4-6-23(19(13)25)7-10-30(11-8-23)22-28-16-12-27-18(17(16)21(31)29(22)3)15-5-9-26-20(24)14(15)2/h5,9,13,19H,4,6-8,10-12,25H2,1-3H3/t13-,19-/m1/s1. The summed E-state index contributed by atoms with van der Waals surface area (Å²) in [7, 11) is 1.81. The summed E-state index contributed by atoms with van der Waals surface area (Å²) in [6, 6.07) is 2.14. The summed E-state index contributed by atoms with van der Waals surface area (Å²) in [5, 5.41) is 0.428. The highest BCUT2D eigenvalue weighted by molar-refractivity contribution is 6.31. The van der Waals surface area contributed by atoms with Gasteiger partial charge in [0, 0.05) is 37.9 Å². The number of halogens is 1. The summed E-state index contributed by atoms with van der Waals surface area (Å²) in [6.45, 7) is 6.34. The lowest BCUT2D eigenvalue weighted by atomic mass is 9.73. The maximum atomic E-state index is 13.4. The Labute approximate surface area is 187 Å². The first-order valence-corrected chi connectivity index (χ1v) is 11.5. The highest BCUT2D eigenvalue weighted by Crippen LogP contribution is 2.48. The van der Waals surface area contributed by atoms with Crippen LogP contribution in [0.25, 0.3) is 0 Å². The van der Waals surface area contributed by atoms with E-state index >= 15 is 0 Å². The molecule has 2 N–H and O–H groups in total. The van der Waals surface area contributed by atoms with Gasteiger partial charge in [-0.05, 0) is 55.6 Å². The Bertz CT molecular complexity index is 1130. The zero-order valence-corrected chi connectivity index (χ0v) is 19.1. The molecule has 0 aromatic carbocycles. The van der Waals surface area contributed by atoms with Crippen molar-refractivity contribution in [1.29, 1.82) is 0 Å². The smallest absolute Gasteiger partial charge is 0.264 e. The van der Waals surface area contributed by atoms with Crippen molar-refractivity contribution in [2.75, 3.05) is 18.0 Å². The Morgan fingerprint density at radius 1 is 1.26 bits per heavy atom. The van der Waals surface area contributed by atoms with Gasteiger partial charge >= 0.3 is 0 Å². The second-order valence-corrected chi connectivity index (χ2v) is 9.79. The number of pyridine rings is 1. The maximum Gasteiger partial charge on any atom is 0.264 e. The molecule has 1 saturated heterocycles. The van der Waals surface area contributed by atoms with Crippen molar-refractivity contribution in [3.8, 4) is 0 Å². The molecule has 0 bridgehead atoms. The summed E-state index contributed by atoms with van der Waals surface area (Å²) in [4.78, 5) is 29.3. The van der Waals surface area contributed by atoms with Gasteiger partial charge in [0.15, 0.2) is 0 Å². The van der Waals surface area contributed by atoms with Gasteiger partial charge in [-0.3, -0.25) is 14.4 Å². The van der Waals surface area contributed by atoms with Gasteiger partial charge in [0.05, 0.1) is 23.5 Å². The SMILES string of the molecule is Cc1c(C2=NCc3nc(N4CCC5(CC[C@@H](C)[C@H]5N)CC4)n(C)c(=O)c32)ccnc1Cl. The van der Waals surface area contributed by atoms with Gasteiger partial charge < -0.3 is 10.6 Å². The Morgan fingerprint density at radius 3 is 2.68 bits per heavy atom. The first-order chi connectivity index (χ1) is 14.8. The molecule has 1 spiro atoms. The van der Waals surface area contributed by atoms with Crippen LogP contribution in [0, 0.1) is 18.3 Å². The Kier molecular flexibility index (Phi) is 4.94. The van der Waals surface area contributed by atoms with Crippen molar-refractivity contribution in [2.24, 2.45) is 29.1 Å². The highest BCUT2D eigenvalue weighted by Gasteiger charge is 2.46. The van der Waals surface area contributed by atoms with Gasteiger partial charge in [-0.2, -0.15) is 0 Å². The molecule has 8 heteroatoms. The molecule has 7 nitrogen and oxygen atoms in total. The van der Waals surface area contributed by atoms with Gasteiger partial charge in [-0.1, -0.05) is 18.5 Å². The molecule has 0 amide bonds. The number of aliphatic imine (C=N–C) groups is 1. The minimum absolute atomic E-state index is 0.0601. The van der Waals surface area contributed by atoms with E-state index in [4.69, 9.17) is 22.3 Å². The third kappa shape index (κ3) is 3.12. The lowest BCUT2D eigenvalue weighted by Crippen LogP contribution is -2.49. The zero-order valence-electron chi connectivity index (χ0n) is 18.4. The molecular weight excluding hydrogens is 412 g/mol. The van der Waals surface area contributed by atoms with E-state index in [0.717, 1.165) is 48.7 Å². The van der Waals surface area contributed by atoms with E-state index in [1.807, 2.05) is 13.0 Å². The third-order valence-corrected chi connectivity index (χ3v) is 8.20. The van der Waals surface area contributed by atoms with Crippen molar-refractivity contribution in [3.05, 3.63) is 50.2 Å². The van der Waals surface area contributed by atoms with Crippen molar-refractivity contribution in [3.63, 3.8) is 0 Å². The van der Waals surface area contributed by atoms with Crippen LogP contribution in [0.1, 0.15) is 55.0 Å². The molecule has 0 radical (unpaired) electrons. The Morgan fingerprint density at radius 2 is 2.00 bits per heavy atom. The summed E-state index contributed by atoms with van der Waals surface area (Å²) in [5.74, 6) is 1.33. The zero-order chi connectivity index (χ0) is 21.9. The number of rotatable bonds is 2. The third-order valence-electron chi connectivity index (χ3n) is 7.82. The van der Waals surface area contributed by atoms with Gasteiger partial charge in [0.25, 0.3) is 5.56 Å². The van der Waals surface area contributed by atoms with Crippen LogP contribution >= 0.6 is 11.6 Å². The fraction of sp³-hybridized carbons (Fsp3) is 0.565. The van der Waals surface area contributed by atoms with Crippen LogP contribution in [-0.4, -0.2) is 39.4 Å². The Balaban J connectivity index is 1.45. The molecule has 4 heterocycles. The van der Waals surface area contributed by atoms with E-state index < -0.39 is 0 Å². The second-order valence-electron chi connectivity index (χ2n) is 9.43. The molecule has 164 valence electrons. The largest absolute Gasteiger partial charge is 0.342 e. The van der Waals surface area contributed by atoms with Gasteiger partial charge in [-0.25, -0.2) is 9.97 Å². The summed E-state index contributed by atoms with van der Waals surface area (Å²) < 4.78 is 1.67. The molecule has 31 heavy (non-hydrogen) atoms. The number of hydrogen-bond acceptors (Lipinski definition) is 6. The number of nitrogens with zero attached hydrogens (tertiary/aromatic N) is 5. The Hall–Kier alpha value is -2.25. The number of hydrogen-bond donors (Lipinski definition) is 1. The van der Waals surface area contributed by atoms with Crippen LogP contribution in [0.4, 0.5) is 5.95 Å². The first-order valence-electron chi connectivity index (χ1n) is 11.1. The number of fused-ring (bicyclic) bond motifs is 1. The molecule has 2 aliphatic heterocycles. The molecule has 3 aliphatic rings. The van der Waals surface area contributed by atoms with Crippen molar-refractivity contribution in [1.82, 2.24) is 14.5 Å². The average molecular weight is 441 g/mol. The lowest BCUT2D eigenvalue weighted by Gasteiger charge is -2.43. The molecule has 2 fully saturated rings. The molecular formula is C23H29ClN6O. The van der Waals surface area contributed by atoms with Gasteiger partial charge in [0.1, 0.15) is 5.15 Å². The molecule has 2 aromatic heterocycles. The van der Waals surface area contributed by atoms with Crippen LogP contribution in [-0.2, 0) is 13.6 Å². The van der Waals surface area contributed by atoms with Gasteiger partial charge in [0.2, 0.25) is 5.95 Å². The number of piperidine rings is 1. The van der Waals surface area contributed by atoms with E-state index in [-0.39, 0.29) is 17.0 Å². The van der Waals surface area contributed by atoms with Crippen LogP contribution in [0.15, 0.2) is 22.1 Å². The summed E-state index contributed by atoms with van der Waals surface area (Å²) in [6.07, 6.45) is 6.19. The topological polar surface area (TPSA) is 89.4 Å². The second kappa shape index (κ2) is 7.41. The lowest BCUT2D eigenvalue weighted by molar-refractivity contribution is 0.185. The van der Waals surface area contributed by atoms with Crippen molar-refractivity contribution in [2.45, 2.75) is 52.1 Å². The number of anilines is 1. The van der Waals surface area contributed by atoms with E-state index in [0.29, 0.717) is 28.9 Å². The fourth-order valence-electron chi connectivity index (χ4n) is 5.69. The minimum Gasteiger partial charge on any atom is -0.342 e. The van der Waals surface area contributed by atoms with E-state index in [1.165, 1.54) is 12.8 Å². The van der Waals surface area contributed by atoms with Gasteiger partial charge in [-0.15, -0.1) is 0 Å². The normalized spacial score (nSPS) is 24.5. The fourth-order valence-corrected chi connectivity index (χ4v) is 5.85. The average Bonchev–Trinajstić information content (AvgIpc) is 3.31. The van der Waals surface area contributed by atoms with E-state index in [1.54, 1.807) is 17.8 Å². The summed E-state index contributed by atoms with van der Waals surface area (Å²) >= 11 is 6.21. The molecule has 1 aliphatic carbocycles. The maximum absolute atomic E-state index is 13.4. The monoisotopic (exact) mass is 440 g/mol. The minimum atomic E-state index is -0.0601.